The Hall–Kier alpha value is -3.28. The molecule has 0 saturated heterocycles. The SMILES string of the molecule is O=C(C=Cc1cccc([N+](=O)[O-])c1)n1cnc2ccccc21. The van der Waals surface area contributed by atoms with E-state index in [1.165, 1.54) is 29.1 Å². The van der Waals surface area contributed by atoms with E-state index < -0.39 is 4.92 Å². The van der Waals surface area contributed by atoms with E-state index in [9.17, 15) is 14.9 Å². The second-order valence-electron chi connectivity index (χ2n) is 4.63. The molecule has 0 radical (unpaired) electrons. The average Bonchev–Trinajstić information content (AvgIpc) is 2.97. The molecule has 0 saturated carbocycles. The van der Waals surface area contributed by atoms with Crippen LogP contribution in [0.4, 0.5) is 5.69 Å². The van der Waals surface area contributed by atoms with E-state index in [1.54, 1.807) is 24.3 Å². The van der Waals surface area contributed by atoms with Crippen molar-refractivity contribution < 1.29 is 9.72 Å². The van der Waals surface area contributed by atoms with Crippen molar-refractivity contribution >= 4 is 28.7 Å². The number of nitrogens with zero attached hydrogens (tertiary/aromatic N) is 3. The summed E-state index contributed by atoms with van der Waals surface area (Å²) in [6.45, 7) is 0. The lowest BCUT2D eigenvalue weighted by Gasteiger charge is -1.98. The number of allylic oxidation sites excluding steroid dienone is 1. The summed E-state index contributed by atoms with van der Waals surface area (Å²) in [7, 11) is 0. The zero-order chi connectivity index (χ0) is 15.5. The van der Waals surface area contributed by atoms with Crippen molar-refractivity contribution in [2.24, 2.45) is 0 Å². The van der Waals surface area contributed by atoms with Crippen LogP contribution < -0.4 is 0 Å². The van der Waals surface area contributed by atoms with Crippen LogP contribution in [0.3, 0.4) is 0 Å². The molecule has 2 aromatic carbocycles. The van der Waals surface area contributed by atoms with Crippen molar-refractivity contribution in [3.63, 3.8) is 0 Å². The predicted molar refractivity (Wildman–Crippen MR) is 82.5 cm³/mol. The summed E-state index contributed by atoms with van der Waals surface area (Å²) in [5, 5.41) is 10.7. The molecule has 0 unspecified atom stereocenters. The van der Waals surface area contributed by atoms with Gasteiger partial charge in [-0.25, -0.2) is 4.98 Å². The van der Waals surface area contributed by atoms with Gasteiger partial charge in [0, 0.05) is 18.2 Å². The van der Waals surface area contributed by atoms with Crippen LogP contribution >= 0.6 is 0 Å². The molecule has 0 amide bonds. The van der Waals surface area contributed by atoms with E-state index in [-0.39, 0.29) is 11.6 Å². The molecule has 6 heteroatoms. The molecule has 0 spiro atoms. The van der Waals surface area contributed by atoms with E-state index in [0.29, 0.717) is 5.56 Å². The lowest BCUT2D eigenvalue weighted by Crippen LogP contribution is -2.05. The van der Waals surface area contributed by atoms with Crippen LogP contribution in [0.15, 0.2) is 60.9 Å². The van der Waals surface area contributed by atoms with Gasteiger partial charge in [-0.05, 0) is 23.8 Å². The molecule has 1 aromatic heterocycles. The summed E-state index contributed by atoms with van der Waals surface area (Å²) < 4.78 is 1.43. The fraction of sp³-hybridized carbons (Fsp3) is 0. The number of non-ortho nitro benzene ring substituents is 1. The first-order chi connectivity index (χ1) is 10.6. The maximum atomic E-state index is 12.2. The number of carbonyl (C=O) groups excluding carboxylic acids is 1. The van der Waals surface area contributed by atoms with Gasteiger partial charge in [-0.3, -0.25) is 19.5 Å². The van der Waals surface area contributed by atoms with Crippen LogP contribution in [0.5, 0.6) is 0 Å². The number of hydrogen-bond acceptors (Lipinski definition) is 4. The van der Waals surface area contributed by atoms with Gasteiger partial charge in [-0.15, -0.1) is 0 Å². The Morgan fingerprint density at radius 2 is 2.00 bits per heavy atom. The molecular formula is C16H11N3O3. The molecular weight excluding hydrogens is 282 g/mol. The highest BCUT2D eigenvalue weighted by Crippen LogP contribution is 2.15. The van der Waals surface area contributed by atoms with Crippen LogP contribution in [-0.4, -0.2) is 20.4 Å². The molecule has 0 aliphatic carbocycles. The second-order valence-corrected chi connectivity index (χ2v) is 4.63. The maximum absolute atomic E-state index is 12.2. The molecule has 3 aromatic rings. The Morgan fingerprint density at radius 1 is 1.18 bits per heavy atom. The molecule has 108 valence electrons. The Balaban J connectivity index is 1.88. The minimum absolute atomic E-state index is 0.0114. The van der Waals surface area contributed by atoms with Gasteiger partial charge in [0.25, 0.3) is 11.6 Å². The quantitative estimate of drug-likeness (QED) is 0.421. The molecule has 3 rings (SSSR count). The van der Waals surface area contributed by atoms with E-state index in [2.05, 4.69) is 4.98 Å². The topological polar surface area (TPSA) is 78.0 Å². The standard InChI is InChI=1S/C16H11N3O3/c20-16(18-11-17-14-6-1-2-7-15(14)18)9-8-12-4-3-5-13(10-12)19(21)22/h1-11H. The highest BCUT2D eigenvalue weighted by Gasteiger charge is 2.07. The number of rotatable bonds is 3. The van der Waals surface area contributed by atoms with Gasteiger partial charge in [-0.2, -0.15) is 0 Å². The minimum Gasteiger partial charge on any atom is -0.269 e. The fourth-order valence-electron chi connectivity index (χ4n) is 2.12. The number of aromatic nitrogens is 2. The number of carbonyl (C=O) groups is 1. The third-order valence-electron chi connectivity index (χ3n) is 3.19. The normalized spacial score (nSPS) is 11.1. The molecule has 0 aliphatic heterocycles. The Kier molecular flexibility index (Phi) is 3.49. The molecule has 0 fully saturated rings. The number of hydrogen-bond donors (Lipinski definition) is 0. The molecule has 6 nitrogen and oxygen atoms in total. The maximum Gasteiger partial charge on any atom is 0.270 e. The summed E-state index contributed by atoms with van der Waals surface area (Å²) in [6, 6.07) is 13.4. The third kappa shape index (κ3) is 2.62. The van der Waals surface area contributed by atoms with Crippen molar-refractivity contribution in [2.75, 3.05) is 0 Å². The van der Waals surface area contributed by atoms with Crippen molar-refractivity contribution in [3.8, 4) is 0 Å². The van der Waals surface area contributed by atoms with E-state index in [4.69, 9.17) is 0 Å². The molecule has 0 aliphatic rings. The van der Waals surface area contributed by atoms with E-state index >= 15 is 0 Å². The summed E-state index contributed by atoms with van der Waals surface area (Å²) >= 11 is 0. The lowest BCUT2D eigenvalue weighted by atomic mass is 10.2. The first-order valence-electron chi connectivity index (χ1n) is 6.54. The molecule has 1 heterocycles. The zero-order valence-electron chi connectivity index (χ0n) is 11.4. The number of imidazole rings is 1. The van der Waals surface area contributed by atoms with Crippen LogP contribution in [0.25, 0.3) is 17.1 Å². The highest BCUT2D eigenvalue weighted by atomic mass is 16.6. The van der Waals surface area contributed by atoms with Crippen molar-refractivity contribution in [1.82, 2.24) is 9.55 Å². The van der Waals surface area contributed by atoms with Crippen molar-refractivity contribution in [2.45, 2.75) is 0 Å². The van der Waals surface area contributed by atoms with Crippen LogP contribution in [0.2, 0.25) is 0 Å². The second kappa shape index (κ2) is 5.61. The number of fused-ring (bicyclic) bond motifs is 1. The van der Waals surface area contributed by atoms with Crippen molar-refractivity contribution in [1.29, 1.82) is 0 Å². The van der Waals surface area contributed by atoms with Crippen LogP contribution in [-0.2, 0) is 0 Å². The van der Waals surface area contributed by atoms with E-state index in [0.717, 1.165) is 11.0 Å². The predicted octanol–water partition coefficient (Wildman–Crippen LogP) is 3.30. The smallest absolute Gasteiger partial charge is 0.269 e. The Labute approximate surface area is 125 Å². The highest BCUT2D eigenvalue weighted by molar-refractivity contribution is 5.99. The Morgan fingerprint density at radius 3 is 2.82 bits per heavy atom. The van der Waals surface area contributed by atoms with Gasteiger partial charge in [0.05, 0.1) is 16.0 Å². The molecule has 0 atom stereocenters. The van der Waals surface area contributed by atoms with Gasteiger partial charge in [0.1, 0.15) is 6.33 Å². The van der Waals surface area contributed by atoms with E-state index in [1.807, 2.05) is 18.2 Å². The summed E-state index contributed by atoms with van der Waals surface area (Å²) in [5.74, 6) is -0.264. The Bertz CT molecular complexity index is 896. The number of nitro benzene ring substituents is 1. The average molecular weight is 293 g/mol. The molecule has 0 bridgehead atoms. The molecule has 22 heavy (non-hydrogen) atoms. The summed E-state index contributed by atoms with van der Waals surface area (Å²) in [6.07, 6.45) is 4.38. The first kappa shape index (κ1) is 13.7. The largest absolute Gasteiger partial charge is 0.270 e. The summed E-state index contributed by atoms with van der Waals surface area (Å²) in [5.41, 5.74) is 2.03. The molecule has 0 N–H and O–H groups in total. The van der Waals surface area contributed by atoms with Gasteiger partial charge in [-0.1, -0.05) is 24.3 Å². The van der Waals surface area contributed by atoms with Crippen LogP contribution in [0.1, 0.15) is 10.4 Å². The first-order valence-corrected chi connectivity index (χ1v) is 6.54. The fourth-order valence-corrected chi connectivity index (χ4v) is 2.12. The third-order valence-corrected chi connectivity index (χ3v) is 3.19. The number of nitro groups is 1. The van der Waals surface area contributed by atoms with Gasteiger partial charge in [0.15, 0.2) is 0 Å². The number of benzene rings is 2. The monoisotopic (exact) mass is 293 g/mol. The van der Waals surface area contributed by atoms with Gasteiger partial charge >= 0.3 is 0 Å². The van der Waals surface area contributed by atoms with Gasteiger partial charge in [0.2, 0.25) is 0 Å². The lowest BCUT2D eigenvalue weighted by molar-refractivity contribution is -0.384. The number of para-hydroxylation sites is 2. The van der Waals surface area contributed by atoms with Gasteiger partial charge < -0.3 is 0 Å². The summed E-state index contributed by atoms with van der Waals surface area (Å²) in [4.78, 5) is 26.6. The van der Waals surface area contributed by atoms with Crippen LogP contribution in [0, 0.1) is 10.1 Å². The zero-order valence-corrected chi connectivity index (χ0v) is 11.4. The minimum atomic E-state index is -0.470. The van der Waals surface area contributed by atoms with Crippen molar-refractivity contribution in [3.05, 3.63) is 76.6 Å².